The van der Waals surface area contributed by atoms with Crippen LogP contribution in [-0.4, -0.2) is 19.0 Å². The van der Waals surface area contributed by atoms with E-state index < -0.39 is 0 Å². The fourth-order valence-electron chi connectivity index (χ4n) is 0.586. The van der Waals surface area contributed by atoms with Crippen LogP contribution < -0.4 is 11.2 Å². The molecular weight excluding hydrogens is 118 g/mol. The maximum absolute atomic E-state index is 5.51. The third-order valence-corrected chi connectivity index (χ3v) is 1.05. The van der Waals surface area contributed by atoms with Gasteiger partial charge in [-0.15, -0.1) is 5.10 Å². The van der Waals surface area contributed by atoms with Crippen LogP contribution in [0.1, 0.15) is 0 Å². The molecule has 1 atom stereocenters. The van der Waals surface area contributed by atoms with E-state index in [4.69, 9.17) is 10.5 Å². The van der Waals surface area contributed by atoms with Crippen molar-refractivity contribution in [3.63, 3.8) is 0 Å². The van der Waals surface area contributed by atoms with Crippen molar-refractivity contribution in [3.05, 3.63) is 12.3 Å². The van der Waals surface area contributed by atoms with Gasteiger partial charge in [-0.05, 0) is 6.08 Å². The second-order valence-electron chi connectivity index (χ2n) is 1.67. The zero-order valence-corrected chi connectivity index (χ0v) is 5.16. The lowest BCUT2D eigenvalue weighted by molar-refractivity contribution is 0.382. The van der Waals surface area contributed by atoms with Gasteiger partial charge in [0.1, 0.15) is 6.04 Å². The van der Waals surface area contributed by atoms with Crippen molar-refractivity contribution in [2.75, 3.05) is 7.11 Å². The molecular formula is C5H9N3O. The largest absolute Gasteiger partial charge is 0.482 e. The highest BCUT2D eigenvalue weighted by Crippen LogP contribution is 1.92. The Kier molecular flexibility index (Phi) is 1.69. The summed E-state index contributed by atoms with van der Waals surface area (Å²) in [6.07, 6.45) is 3.44. The van der Waals surface area contributed by atoms with Crippen LogP contribution in [0.2, 0.25) is 0 Å². The average Bonchev–Trinajstić information content (AvgIpc) is 1.89. The fourth-order valence-corrected chi connectivity index (χ4v) is 0.586. The molecule has 4 heteroatoms. The summed E-state index contributed by atoms with van der Waals surface area (Å²) in [6.45, 7) is 0. The average molecular weight is 127 g/mol. The summed E-state index contributed by atoms with van der Waals surface area (Å²) < 4.78 is 4.81. The van der Waals surface area contributed by atoms with E-state index in [0.717, 1.165) is 0 Å². The Labute approximate surface area is 53.4 Å². The molecule has 1 unspecified atom stereocenters. The lowest BCUT2D eigenvalue weighted by Crippen LogP contribution is -2.33. The molecule has 0 saturated heterocycles. The van der Waals surface area contributed by atoms with E-state index in [2.05, 4.69) is 10.5 Å². The second-order valence-corrected chi connectivity index (χ2v) is 1.67. The van der Waals surface area contributed by atoms with Crippen molar-refractivity contribution in [2.45, 2.75) is 6.04 Å². The first-order valence-corrected chi connectivity index (χ1v) is 2.64. The number of hydrogen-bond donors (Lipinski definition) is 2. The first-order valence-electron chi connectivity index (χ1n) is 2.64. The molecule has 0 aromatic heterocycles. The van der Waals surface area contributed by atoms with Crippen LogP contribution in [0.25, 0.3) is 0 Å². The van der Waals surface area contributed by atoms with E-state index in [1.165, 1.54) is 0 Å². The highest BCUT2D eigenvalue weighted by atomic mass is 16.5. The van der Waals surface area contributed by atoms with Crippen molar-refractivity contribution in [1.29, 1.82) is 0 Å². The third kappa shape index (κ3) is 1.20. The molecule has 4 nitrogen and oxygen atoms in total. The van der Waals surface area contributed by atoms with Crippen molar-refractivity contribution in [3.8, 4) is 0 Å². The van der Waals surface area contributed by atoms with Crippen LogP contribution in [0.4, 0.5) is 0 Å². The highest BCUT2D eigenvalue weighted by molar-refractivity contribution is 5.83. The Balaban J connectivity index is 2.59. The van der Waals surface area contributed by atoms with E-state index >= 15 is 0 Å². The SMILES string of the molecule is COC1=NNC=CC1N. The van der Waals surface area contributed by atoms with E-state index in [0.29, 0.717) is 5.90 Å². The molecule has 50 valence electrons. The topological polar surface area (TPSA) is 59.6 Å². The standard InChI is InChI=1S/C5H9N3O/c1-9-5-4(6)2-3-7-8-5/h2-4,7H,6H2,1H3. The van der Waals surface area contributed by atoms with Gasteiger partial charge in [0.25, 0.3) is 0 Å². The van der Waals surface area contributed by atoms with Gasteiger partial charge in [0.15, 0.2) is 0 Å². The number of rotatable bonds is 0. The minimum atomic E-state index is -0.198. The van der Waals surface area contributed by atoms with E-state index in [-0.39, 0.29) is 6.04 Å². The summed E-state index contributed by atoms with van der Waals surface area (Å²) in [7, 11) is 1.54. The van der Waals surface area contributed by atoms with Crippen molar-refractivity contribution in [2.24, 2.45) is 10.8 Å². The van der Waals surface area contributed by atoms with Crippen LogP contribution in [-0.2, 0) is 4.74 Å². The molecule has 1 aliphatic rings. The maximum Gasteiger partial charge on any atom is 0.227 e. The Morgan fingerprint density at radius 2 is 2.67 bits per heavy atom. The van der Waals surface area contributed by atoms with Crippen LogP contribution in [0.15, 0.2) is 17.4 Å². The molecule has 0 aliphatic carbocycles. The fraction of sp³-hybridized carbons (Fsp3) is 0.400. The van der Waals surface area contributed by atoms with Gasteiger partial charge < -0.3 is 10.5 Å². The van der Waals surface area contributed by atoms with Gasteiger partial charge in [-0.2, -0.15) is 0 Å². The smallest absolute Gasteiger partial charge is 0.227 e. The molecule has 1 rings (SSSR count). The molecule has 0 aromatic carbocycles. The summed E-state index contributed by atoms with van der Waals surface area (Å²) in [6, 6.07) is -0.198. The van der Waals surface area contributed by atoms with Gasteiger partial charge in [-0.25, -0.2) is 0 Å². The summed E-state index contributed by atoms with van der Waals surface area (Å²) in [5.41, 5.74) is 8.13. The van der Waals surface area contributed by atoms with Crippen molar-refractivity contribution < 1.29 is 4.74 Å². The van der Waals surface area contributed by atoms with E-state index in [9.17, 15) is 0 Å². The monoisotopic (exact) mass is 127 g/mol. The first kappa shape index (κ1) is 6.10. The van der Waals surface area contributed by atoms with Gasteiger partial charge in [0.2, 0.25) is 5.90 Å². The quantitative estimate of drug-likeness (QED) is 0.456. The molecule has 3 N–H and O–H groups in total. The first-order chi connectivity index (χ1) is 4.34. The number of nitrogens with one attached hydrogen (secondary N) is 1. The molecule has 0 saturated carbocycles. The molecule has 1 heterocycles. The molecule has 0 spiro atoms. The summed E-state index contributed by atoms with van der Waals surface area (Å²) in [5.74, 6) is 0.512. The molecule has 0 amide bonds. The Morgan fingerprint density at radius 3 is 3.11 bits per heavy atom. The molecule has 0 aromatic rings. The summed E-state index contributed by atoms with van der Waals surface area (Å²) in [5, 5.41) is 3.76. The highest BCUT2D eigenvalue weighted by Gasteiger charge is 2.09. The number of hydrazone groups is 1. The third-order valence-electron chi connectivity index (χ3n) is 1.05. The number of methoxy groups -OCH3 is 1. The number of nitrogens with zero attached hydrogens (tertiary/aromatic N) is 1. The Bertz CT molecular complexity index is 152. The molecule has 0 bridgehead atoms. The zero-order valence-electron chi connectivity index (χ0n) is 5.16. The normalized spacial score (nSPS) is 24.7. The minimum absolute atomic E-state index is 0.198. The maximum atomic E-state index is 5.51. The van der Waals surface area contributed by atoms with Crippen LogP contribution in [0.5, 0.6) is 0 Å². The molecule has 0 fully saturated rings. The minimum Gasteiger partial charge on any atom is -0.482 e. The van der Waals surface area contributed by atoms with Gasteiger partial charge >= 0.3 is 0 Å². The number of ether oxygens (including phenoxy) is 1. The van der Waals surface area contributed by atoms with Gasteiger partial charge in [0, 0.05) is 6.20 Å². The van der Waals surface area contributed by atoms with Crippen molar-refractivity contribution in [1.82, 2.24) is 5.43 Å². The van der Waals surface area contributed by atoms with Crippen LogP contribution in [0.3, 0.4) is 0 Å². The predicted octanol–water partition coefficient (Wildman–Crippen LogP) is -0.610. The van der Waals surface area contributed by atoms with Gasteiger partial charge in [-0.3, -0.25) is 5.43 Å². The lowest BCUT2D eigenvalue weighted by Gasteiger charge is -2.11. The lowest BCUT2D eigenvalue weighted by atomic mass is 10.3. The zero-order chi connectivity index (χ0) is 6.69. The Morgan fingerprint density at radius 1 is 1.89 bits per heavy atom. The van der Waals surface area contributed by atoms with Crippen LogP contribution in [0, 0.1) is 0 Å². The number of hydrogen-bond acceptors (Lipinski definition) is 4. The molecule has 0 radical (unpaired) electrons. The molecule has 9 heavy (non-hydrogen) atoms. The van der Waals surface area contributed by atoms with Gasteiger partial charge in [-0.1, -0.05) is 0 Å². The second kappa shape index (κ2) is 2.50. The van der Waals surface area contributed by atoms with Crippen molar-refractivity contribution >= 4 is 5.90 Å². The summed E-state index contributed by atoms with van der Waals surface area (Å²) in [4.78, 5) is 0. The molecule has 1 aliphatic heterocycles. The summed E-state index contributed by atoms with van der Waals surface area (Å²) >= 11 is 0. The van der Waals surface area contributed by atoms with Crippen LogP contribution >= 0.6 is 0 Å². The number of nitrogens with two attached hydrogens (primary N) is 1. The van der Waals surface area contributed by atoms with Gasteiger partial charge in [0.05, 0.1) is 7.11 Å². The Hall–Kier alpha value is -1.03. The van der Waals surface area contributed by atoms with E-state index in [1.807, 2.05) is 0 Å². The predicted molar refractivity (Wildman–Crippen MR) is 34.7 cm³/mol. The van der Waals surface area contributed by atoms with E-state index in [1.54, 1.807) is 19.4 Å².